The maximum atomic E-state index is 11.2. The average molecular weight is 211 g/mol. The number of carboxylic acids is 1. The molecule has 82 valence electrons. The van der Waals surface area contributed by atoms with Gasteiger partial charge in [-0.15, -0.1) is 0 Å². The predicted molar refractivity (Wildman–Crippen MR) is 50.8 cm³/mol. The number of fused-ring (bicyclic) bond motifs is 1. The van der Waals surface area contributed by atoms with Crippen LogP contribution >= 0.6 is 0 Å². The number of β-lactam (4-membered cyclic amide) rings is 1. The molecule has 2 saturated heterocycles. The number of nitrogens with zero attached hydrogens (tertiary/aromatic N) is 1. The Balaban J connectivity index is 2.19. The van der Waals surface area contributed by atoms with E-state index in [1.54, 1.807) is 6.08 Å². The zero-order valence-corrected chi connectivity index (χ0v) is 8.47. The summed E-state index contributed by atoms with van der Waals surface area (Å²) in [6.45, 7) is 2.00. The first-order valence-electron chi connectivity index (χ1n) is 5.05. The fourth-order valence-electron chi connectivity index (χ4n) is 1.86. The lowest BCUT2D eigenvalue weighted by Gasteiger charge is -2.33. The van der Waals surface area contributed by atoms with Gasteiger partial charge in [-0.2, -0.15) is 0 Å². The number of amides is 1. The van der Waals surface area contributed by atoms with E-state index in [1.165, 1.54) is 4.90 Å². The highest BCUT2D eigenvalue weighted by Gasteiger charge is 2.53. The van der Waals surface area contributed by atoms with Gasteiger partial charge >= 0.3 is 5.97 Å². The minimum atomic E-state index is -1.02. The molecule has 2 heterocycles. The van der Waals surface area contributed by atoms with Crippen LogP contribution in [0.3, 0.4) is 0 Å². The van der Waals surface area contributed by atoms with Crippen molar-refractivity contribution in [1.29, 1.82) is 0 Å². The van der Waals surface area contributed by atoms with E-state index >= 15 is 0 Å². The van der Waals surface area contributed by atoms with Gasteiger partial charge in [0.1, 0.15) is 5.76 Å². The largest absolute Gasteiger partial charge is 0.479 e. The van der Waals surface area contributed by atoms with E-state index in [0.29, 0.717) is 12.2 Å². The van der Waals surface area contributed by atoms with E-state index in [-0.39, 0.29) is 12.1 Å². The smallest absolute Gasteiger partial charge is 0.334 e. The summed E-state index contributed by atoms with van der Waals surface area (Å²) in [5.74, 6) is -0.750. The third-order valence-electron chi connectivity index (χ3n) is 2.64. The number of rotatable bonds is 3. The number of hydrogen-bond donors (Lipinski definition) is 1. The molecule has 0 bridgehead atoms. The van der Waals surface area contributed by atoms with Crippen LogP contribution < -0.4 is 0 Å². The van der Waals surface area contributed by atoms with Crippen LogP contribution in [0.4, 0.5) is 0 Å². The molecule has 2 rings (SSSR count). The normalized spacial score (nSPS) is 31.1. The van der Waals surface area contributed by atoms with Crippen molar-refractivity contribution in [2.45, 2.75) is 38.5 Å². The van der Waals surface area contributed by atoms with Crippen LogP contribution in [0.2, 0.25) is 0 Å². The van der Waals surface area contributed by atoms with Crippen molar-refractivity contribution in [3.63, 3.8) is 0 Å². The minimum absolute atomic E-state index is 0.146. The van der Waals surface area contributed by atoms with Crippen LogP contribution in [-0.4, -0.2) is 34.2 Å². The monoisotopic (exact) mass is 211 g/mol. The molecule has 0 spiro atoms. The molecule has 0 aromatic heterocycles. The molecule has 2 fully saturated rings. The second-order valence-electron chi connectivity index (χ2n) is 3.71. The van der Waals surface area contributed by atoms with Crippen molar-refractivity contribution < 1.29 is 19.4 Å². The highest BCUT2D eigenvalue weighted by molar-refractivity contribution is 5.91. The number of carbonyl (C=O) groups is 2. The van der Waals surface area contributed by atoms with Gasteiger partial charge in [-0.25, -0.2) is 4.79 Å². The van der Waals surface area contributed by atoms with Crippen LogP contribution in [0.5, 0.6) is 0 Å². The number of aliphatic carboxylic acids is 1. The van der Waals surface area contributed by atoms with Gasteiger partial charge in [-0.05, 0) is 12.5 Å². The maximum Gasteiger partial charge on any atom is 0.334 e. The summed E-state index contributed by atoms with van der Waals surface area (Å²) in [6, 6.07) is -0.900. The molecule has 2 aliphatic heterocycles. The van der Waals surface area contributed by atoms with Crippen molar-refractivity contribution in [2.24, 2.45) is 0 Å². The van der Waals surface area contributed by atoms with E-state index in [0.717, 1.165) is 12.8 Å². The molecule has 5 nitrogen and oxygen atoms in total. The van der Waals surface area contributed by atoms with Gasteiger partial charge in [0, 0.05) is 0 Å². The predicted octanol–water partition coefficient (Wildman–Crippen LogP) is 0.712. The molecule has 5 heteroatoms. The summed E-state index contributed by atoms with van der Waals surface area (Å²) in [4.78, 5) is 23.5. The average Bonchev–Trinajstić information content (AvgIpc) is 2.47. The van der Waals surface area contributed by atoms with Crippen molar-refractivity contribution in [3.8, 4) is 0 Å². The molecular formula is C10H13NO4. The van der Waals surface area contributed by atoms with Crippen LogP contribution in [0, 0.1) is 0 Å². The zero-order valence-electron chi connectivity index (χ0n) is 8.47. The maximum absolute atomic E-state index is 11.2. The van der Waals surface area contributed by atoms with E-state index in [9.17, 15) is 9.59 Å². The lowest BCUT2D eigenvalue weighted by Crippen LogP contribution is -2.54. The number of carboxylic acid groups (broad SMARTS) is 1. The number of hydrogen-bond acceptors (Lipinski definition) is 3. The van der Waals surface area contributed by atoms with Crippen LogP contribution in [0.15, 0.2) is 11.8 Å². The zero-order chi connectivity index (χ0) is 11.0. The summed E-state index contributed by atoms with van der Waals surface area (Å²) in [5.41, 5.74) is 0. The van der Waals surface area contributed by atoms with Gasteiger partial charge in [0.25, 0.3) is 0 Å². The SMILES string of the molecule is CCC/C=C1\OC2CC(=O)N2[C@H]1C(=O)O. The minimum Gasteiger partial charge on any atom is -0.479 e. The molecule has 0 radical (unpaired) electrons. The van der Waals surface area contributed by atoms with Crippen LogP contribution in [0.25, 0.3) is 0 Å². The first kappa shape index (κ1) is 10.0. The molecule has 1 amide bonds. The Morgan fingerprint density at radius 2 is 2.47 bits per heavy atom. The second kappa shape index (κ2) is 3.56. The van der Waals surface area contributed by atoms with Gasteiger partial charge in [-0.1, -0.05) is 13.3 Å². The third kappa shape index (κ3) is 1.48. The second-order valence-corrected chi connectivity index (χ2v) is 3.71. The molecule has 0 aromatic carbocycles. The summed E-state index contributed by atoms with van der Waals surface area (Å²) in [6.07, 6.45) is 3.42. The molecule has 1 unspecified atom stereocenters. The molecule has 0 saturated carbocycles. The lowest BCUT2D eigenvalue weighted by molar-refractivity contribution is -0.163. The number of ether oxygens (including phenoxy) is 1. The van der Waals surface area contributed by atoms with Gasteiger partial charge in [0.05, 0.1) is 6.42 Å². The molecule has 1 N–H and O–H groups in total. The fraction of sp³-hybridized carbons (Fsp3) is 0.600. The van der Waals surface area contributed by atoms with Crippen LogP contribution in [0.1, 0.15) is 26.2 Å². The van der Waals surface area contributed by atoms with Gasteiger partial charge in [0.2, 0.25) is 5.91 Å². The highest BCUT2D eigenvalue weighted by atomic mass is 16.5. The molecule has 0 aliphatic carbocycles. The standard InChI is InChI=1S/C10H13NO4/c1-2-3-4-6-9(10(13)14)11-7(12)5-8(11)15-6/h4,8-9H,2-3,5H2,1H3,(H,13,14)/b6-4-/t8?,9-/m1/s1. The van der Waals surface area contributed by atoms with E-state index in [1.807, 2.05) is 6.92 Å². The summed E-state index contributed by atoms with van der Waals surface area (Å²) in [5, 5.41) is 9.01. The summed E-state index contributed by atoms with van der Waals surface area (Å²) >= 11 is 0. The lowest BCUT2D eigenvalue weighted by atomic mass is 10.1. The summed E-state index contributed by atoms with van der Waals surface area (Å²) < 4.78 is 5.39. The van der Waals surface area contributed by atoms with Crippen molar-refractivity contribution in [2.75, 3.05) is 0 Å². The topological polar surface area (TPSA) is 66.8 Å². The Hall–Kier alpha value is -1.52. The Kier molecular flexibility index (Phi) is 2.38. The van der Waals surface area contributed by atoms with Crippen molar-refractivity contribution in [3.05, 3.63) is 11.8 Å². The van der Waals surface area contributed by atoms with Crippen molar-refractivity contribution in [1.82, 2.24) is 4.90 Å². The first-order chi connectivity index (χ1) is 7.15. The Bertz CT molecular complexity index is 336. The first-order valence-corrected chi connectivity index (χ1v) is 5.05. The molecule has 15 heavy (non-hydrogen) atoms. The summed E-state index contributed by atoms with van der Waals surface area (Å²) in [7, 11) is 0. The van der Waals surface area contributed by atoms with E-state index in [2.05, 4.69) is 0 Å². The quantitative estimate of drug-likeness (QED) is 0.698. The third-order valence-corrected chi connectivity index (χ3v) is 2.64. The Labute approximate surface area is 87.3 Å². The van der Waals surface area contributed by atoms with Crippen LogP contribution in [-0.2, 0) is 14.3 Å². The van der Waals surface area contributed by atoms with Gasteiger partial charge in [-0.3, -0.25) is 9.69 Å². The number of allylic oxidation sites excluding steroid dienone is 1. The van der Waals surface area contributed by atoms with E-state index < -0.39 is 12.0 Å². The fourth-order valence-corrected chi connectivity index (χ4v) is 1.86. The van der Waals surface area contributed by atoms with Gasteiger partial charge < -0.3 is 9.84 Å². The molecule has 0 aromatic rings. The number of carbonyl (C=O) groups excluding carboxylic acids is 1. The molecular weight excluding hydrogens is 198 g/mol. The van der Waals surface area contributed by atoms with Gasteiger partial charge in [0.15, 0.2) is 12.3 Å². The highest BCUT2D eigenvalue weighted by Crippen LogP contribution is 2.36. The Morgan fingerprint density at radius 3 is 3.00 bits per heavy atom. The van der Waals surface area contributed by atoms with E-state index in [4.69, 9.17) is 9.84 Å². The molecule has 2 atom stereocenters. The van der Waals surface area contributed by atoms with Crippen molar-refractivity contribution >= 4 is 11.9 Å². The Morgan fingerprint density at radius 1 is 1.73 bits per heavy atom. The molecule has 2 aliphatic rings. The number of unbranched alkanes of at least 4 members (excludes halogenated alkanes) is 1.